The van der Waals surface area contributed by atoms with Gasteiger partial charge in [0.1, 0.15) is 0 Å². The van der Waals surface area contributed by atoms with Gasteiger partial charge in [-0.15, -0.1) is 0 Å². The van der Waals surface area contributed by atoms with Crippen LogP contribution in [0.25, 0.3) is 0 Å². The van der Waals surface area contributed by atoms with Crippen LogP contribution in [-0.2, 0) is 10.9 Å². The molecule has 0 saturated carbocycles. The molecule has 1 atom stereocenters. The Morgan fingerprint density at radius 1 is 1.37 bits per heavy atom. The molecule has 106 valence electrons. The Labute approximate surface area is 110 Å². The highest BCUT2D eigenvalue weighted by Gasteiger charge is 2.30. The van der Waals surface area contributed by atoms with E-state index in [2.05, 4.69) is 0 Å². The number of ether oxygens (including phenoxy) is 1. The van der Waals surface area contributed by atoms with E-state index in [1.165, 1.54) is 13.0 Å². The molecule has 0 amide bonds. The molecule has 0 aromatic heterocycles. The maximum Gasteiger partial charge on any atom is 0.416 e. The van der Waals surface area contributed by atoms with E-state index in [0.29, 0.717) is 17.5 Å². The molecule has 0 radical (unpaired) electrons. The van der Waals surface area contributed by atoms with Crippen LogP contribution >= 0.6 is 0 Å². The molecule has 0 saturated heterocycles. The van der Waals surface area contributed by atoms with Crippen molar-refractivity contribution in [2.24, 2.45) is 0 Å². The zero-order chi connectivity index (χ0) is 14.6. The number of rotatable bonds is 5. The van der Waals surface area contributed by atoms with Crippen molar-refractivity contribution in [1.82, 2.24) is 0 Å². The van der Waals surface area contributed by atoms with E-state index in [9.17, 15) is 18.0 Å². The van der Waals surface area contributed by atoms with Crippen molar-refractivity contribution in [2.75, 3.05) is 7.11 Å². The number of hydrogen-bond acceptors (Lipinski definition) is 2. The molecule has 19 heavy (non-hydrogen) atoms. The highest BCUT2D eigenvalue weighted by atomic mass is 19.4. The average molecular weight is 274 g/mol. The van der Waals surface area contributed by atoms with E-state index in [0.717, 1.165) is 12.1 Å². The molecule has 0 heterocycles. The van der Waals surface area contributed by atoms with Crippen molar-refractivity contribution in [3.05, 3.63) is 34.9 Å². The second-order valence-corrected chi connectivity index (χ2v) is 4.54. The molecule has 1 rings (SSSR count). The van der Waals surface area contributed by atoms with Crippen LogP contribution in [-0.4, -0.2) is 19.0 Å². The molecule has 0 aliphatic carbocycles. The minimum atomic E-state index is -4.38. The molecule has 1 aromatic rings. The van der Waals surface area contributed by atoms with Crippen LogP contribution < -0.4 is 0 Å². The monoisotopic (exact) mass is 274 g/mol. The molecule has 0 fully saturated rings. The Morgan fingerprint density at radius 2 is 2.00 bits per heavy atom. The molecular weight excluding hydrogens is 257 g/mol. The maximum absolute atomic E-state index is 12.5. The molecule has 2 nitrogen and oxygen atoms in total. The number of methoxy groups -OCH3 is 1. The van der Waals surface area contributed by atoms with Crippen LogP contribution in [0.15, 0.2) is 18.2 Å². The lowest BCUT2D eigenvalue weighted by atomic mass is 9.98. The summed E-state index contributed by atoms with van der Waals surface area (Å²) in [6.07, 6.45) is -3.60. The van der Waals surface area contributed by atoms with Crippen LogP contribution in [0, 0.1) is 6.92 Å². The molecule has 5 heteroatoms. The van der Waals surface area contributed by atoms with Crippen molar-refractivity contribution in [1.29, 1.82) is 0 Å². The third-order valence-corrected chi connectivity index (χ3v) is 3.03. The van der Waals surface area contributed by atoms with Gasteiger partial charge in [-0.2, -0.15) is 13.2 Å². The predicted molar refractivity (Wildman–Crippen MR) is 66.2 cm³/mol. The maximum atomic E-state index is 12.5. The Balaban J connectivity index is 2.82. The third-order valence-electron chi connectivity index (χ3n) is 3.03. The number of alkyl halides is 3. The first-order chi connectivity index (χ1) is 8.75. The molecule has 0 aliphatic rings. The highest BCUT2D eigenvalue weighted by molar-refractivity contribution is 5.97. The predicted octanol–water partition coefficient (Wildman–Crippen LogP) is 4.01. The Morgan fingerprint density at radius 3 is 2.47 bits per heavy atom. The van der Waals surface area contributed by atoms with Crippen molar-refractivity contribution in [3.63, 3.8) is 0 Å². The lowest BCUT2D eigenvalue weighted by Gasteiger charge is -2.12. The molecule has 1 unspecified atom stereocenters. The number of Topliss-reactive ketones (excluding diaryl/α,β-unsaturated/α-hetero) is 1. The Bertz CT molecular complexity index is 452. The summed E-state index contributed by atoms with van der Waals surface area (Å²) >= 11 is 0. The molecule has 0 spiro atoms. The molecule has 0 bridgehead atoms. The summed E-state index contributed by atoms with van der Waals surface area (Å²) in [5.41, 5.74) is -0.0343. The number of halogens is 3. The largest absolute Gasteiger partial charge is 0.416 e. The number of hydrogen-bond donors (Lipinski definition) is 0. The number of aryl methyl sites for hydroxylation is 1. The van der Waals surface area contributed by atoms with Crippen LogP contribution in [0.4, 0.5) is 13.2 Å². The zero-order valence-corrected chi connectivity index (χ0v) is 11.2. The number of carbonyl (C=O) groups is 1. The van der Waals surface area contributed by atoms with Gasteiger partial charge in [0.15, 0.2) is 5.78 Å². The highest BCUT2D eigenvalue weighted by Crippen LogP contribution is 2.30. The van der Waals surface area contributed by atoms with E-state index in [-0.39, 0.29) is 18.3 Å². The lowest BCUT2D eigenvalue weighted by molar-refractivity contribution is -0.137. The Hall–Kier alpha value is -1.36. The second-order valence-electron chi connectivity index (χ2n) is 4.54. The summed E-state index contributed by atoms with van der Waals surface area (Å²) in [6.45, 7) is 3.36. The van der Waals surface area contributed by atoms with Crippen molar-refractivity contribution in [3.8, 4) is 0 Å². The van der Waals surface area contributed by atoms with Gasteiger partial charge < -0.3 is 4.74 Å². The second kappa shape index (κ2) is 6.19. The van der Waals surface area contributed by atoms with Crippen LogP contribution in [0.5, 0.6) is 0 Å². The van der Waals surface area contributed by atoms with Gasteiger partial charge in [0.2, 0.25) is 0 Å². The third kappa shape index (κ3) is 4.35. The first-order valence-corrected chi connectivity index (χ1v) is 5.99. The minimum Gasteiger partial charge on any atom is -0.382 e. The summed E-state index contributed by atoms with van der Waals surface area (Å²) in [4.78, 5) is 11.9. The number of ketones is 1. The topological polar surface area (TPSA) is 26.3 Å². The quantitative estimate of drug-likeness (QED) is 0.758. The van der Waals surface area contributed by atoms with Gasteiger partial charge >= 0.3 is 6.18 Å². The average Bonchev–Trinajstić information content (AvgIpc) is 2.34. The molecule has 1 aromatic carbocycles. The van der Waals surface area contributed by atoms with Gasteiger partial charge in [0.25, 0.3) is 0 Å². The van der Waals surface area contributed by atoms with Crippen molar-refractivity contribution in [2.45, 2.75) is 39.0 Å². The van der Waals surface area contributed by atoms with Crippen molar-refractivity contribution >= 4 is 5.78 Å². The van der Waals surface area contributed by atoms with Gasteiger partial charge in [-0.05, 0) is 38.0 Å². The fourth-order valence-electron chi connectivity index (χ4n) is 1.74. The molecular formula is C14H17F3O2. The number of carbonyl (C=O) groups excluding carboxylic acids is 1. The summed E-state index contributed by atoms with van der Waals surface area (Å²) < 4.78 is 42.5. The Kier molecular flexibility index (Phi) is 5.11. The zero-order valence-electron chi connectivity index (χ0n) is 11.2. The summed E-state index contributed by atoms with van der Waals surface area (Å²) in [7, 11) is 1.55. The van der Waals surface area contributed by atoms with Gasteiger partial charge in [-0.1, -0.05) is 6.07 Å². The van der Waals surface area contributed by atoms with Crippen LogP contribution in [0.2, 0.25) is 0 Å². The van der Waals surface area contributed by atoms with Gasteiger partial charge in [0, 0.05) is 19.1 Å². The van der Waals surface area contributed by atoms with E-state index >= 15 is 0 Å². The van der Waals surface area contributed by atoms with E-state index in [1.54, 1.807) is 7.11 Å². The van der Waals surface area contributed by atoms with Crippen LogP contribution in [0.3, 0.4) is 0 Å². The SMILES string of the molecule is COC(C)CCC(=O)c1ccc(C(F)(F)F)cc1C. The summed E-state index contributed by atoms with van der Waals surface area (Å²) in [5, 5.41) is 0. The standard InChI is InChI=1S/C14H17F3O2/c1-9-8-11(14(15,16)17)5-6-12(9)13(18)7-4-10(2)19-3/h5-6,8,10H,4,7H2,1-3H3. The fourth-order valence-corrected chi connectivity index (χ4v) is 1.74. The minimum absolute atomic E-state index is 0.0429. The van der Waals surface area contributed by atoms with Crippen molar-refractivity contribution < 1.29 is 22.7 Å². The molecule has 0 N–H and O–H groups in total. The van der Waals surface area contributed by atoms with Gasteiger partial charge in [0.05, 0.1) is 11.7 Å². The van der Waals surface area contributed by atoms with E-state index in [4.69, 9.17) is 4.74 Å². The summed E-state index contributed by atoms with van der Waals surface area (Å²) in [6, 6.07) is 3.20. The van der Waals surface area contributed by atoms with E-state index < -0.39 is 11.7 Å². The van der Waals surface area contributed by atoms with Gasteiger partial charge in [-0.25, -0.2) is 0 Å². The normalized spacial score (nSPS) is 13.4. The summed E-state index contributed by atoms with van der Waals surface area (Å²) in [5.74, 6) is -0.157. The fraction of sp³-hybridized carbons (Fsp3) is 0.500. The first kappa shape index (κ1) is 15.7. The lowest BCUT2D eigenvalue weighted by Crippen LogP contribution is -2.11. The molecule has 0 aliphatic heterocycles. The first-order valence-electron chi connectivity index (χ1n) is 5.99. The smallest absolute Gasteiger partial charge is 0.382 e. The van der Waals surface area contributed by atoms with Crippen LogP contribution in [0.1, 0.15) is 41.3 Å². The van der Waals surface area contributed by atoms with Gasteiger partial charge in [-0.3, -0.25) is 4.79 Å². The van der Waals surface area contributed by atoms with E-state index in [1.807, 2.05) is 6.92 Å². The number of benzene rings is 1.